The van der Waals surface area contributed by atoms with Crippen LogP contribution in [0.25, 0.3) is 0 Å². The molecule has 0 aromatic heterocycles. The van der Waals surface area contributed by atoms with Gasteiger partial charge < -0.3 is 10.1 Å². The van der Waals surface area contributed by atoms with Crippen LogP contribution >= 0.6 is 12.2 Å². The van der Waals surface area contributed by atoms with Crippen molar-refractivity contribution < 1.29 is 4.74 Å². The van der Waals surface area contributed by atoms with Gasteiger partial charge in [0.1, 0.15) is 5.75 Å². The Morgan fingerprint density at radius 3 is 2.57 bits per heavy atom. The maximum atomic E-state index is 5.78. The molecule has 0 heterocycles. The summed E-state index contributed by atoms with van der Waals surface area (Å²) < 4.78 is 5.78. The Hall–Kier alpha value is -2.40. The van der Waals surface area contributed by atoms with Crippen molar-refractivity contribution in [2.75, 3.05) is 11.9 Å². The highest BCUT2D eigenvalue weighted by Crippen LogP contribution is 2.16. The number of nitrogens with zero attached hydrogens (tertiary/aromatic N) is 1. The van der Waals surface area contributed by atoms with Gasteiger partial charge in [0.15, 0.2) is 5.11 Å². The van der Waals surface area contributed by atoms with Gasteiger partial charge in [-0.1, -0.05) is 44.2 Å². The number of hydrogen-bond donors (Lipinski definition) is 2. The largest absolute Gasteiger partial charge is 0.493 e. The van der Waals surface area contributed by atoms with Gasteiger partial charge in [-0.3, -0.25) is 5.43 Å². The molecule has 0 aliphatic rings. The van der Waals surface area contributed by atoms with Crippen LogP contribution in [0, 0.1) is 5.92 Å². The highest BCUT2D eigenvalue weighted by atomic mass is 32.1. The van der Waals surface area contributed by atoms with Crippen LogP contribution in [0.4, 0.5) is 5.69 Å². The summed E-state index contributed by atoms with van der Waals surface area (Å²) in [5.41, 5.74) is 4.63. The van der Waals surface area contributed by atoms with Crippen molar-refractivity contribution in [3.63, 3.8) is 0 Å². The highest BCUT2D eigenvalue weighted by Gasteiger charge is 2.02. The molecule has 0 saturated heterocycles. The molecule has 0 radical (unpaired) electrons. The molecule has 0 bridgehead atoms. The number of nitrogens with one attached hydrogen (secondary N) is 2. The third-order valence-electron chi connectivity index (χ3n) is 2.89. The van der Waals surface area contributed by atoms with Gasteiger partial charge in [-0.2, -0.15) is 5.10 Å². The molecule has 120 valence electrons. The lowest BCUT2D eigenvalue weighted by Crippen LogP contribution is -2.23. The van der Waals surface area contributed by atoms with Gasteiger partial charge in [-0.15, -0.1) is 0 Å². The number of anilines is 1. The second-order valence-electron chi connectivity index (χ2n) is 5.43. The Bertz CT molecular complexity index is 656. The van der Waals surface area contributed by atoms with Gasteiger partial charge in [-0.25, -0.2) is 0 Å². The molecule has 2 aromatic rings. The van der Waals surface area contributed by atoms with E-state index in [4.69, 9.17) is 17.0 Å². The van der Waals surface area contributed by atoms with Crippen molar-refractivity contribution in [3.05, 3.63) is 60.2 Å². The van der Waals surface area contributed by atoms with Crippen LogP contribution < -0.4 is 15.5 Å². The van der Waals surface area contributed by atoms with E-state index in [1.807, 2.05) is 54.6 Å². The Morgan fingerprint density at radius 2 is 1.83 bits per heavy atom. The summed E-state index contributed by atoms with van der Waals surface area (Å²) >= 11 is 5.20. The fraction of sp³-hybridized carbons (Fsp3) is 0.222. The lowest BCUT2D eigenvalue weighted by atomic mass is 10.2. The molecular formula is C18H21N3OS. The van der Waals surface area contributed by atoms with Crippen LogP contribution in [0.5, 0.6) is 5.75 Å². The van der Waals surface area contributed by atoms with E-state index in [1.54, 1.807) is 6.21 Å². The molecule has 2 rings (SSSR count). The van der Waals surface area contributed by atoms with Crippen molar-refractivity contribution in [1.29, 1.82) is 0 Å². The molecule has 0 amide bonds. The van der Waals surface area contributed by atoms with Gasteiger partial charge in [-0.05, 0) is 42.4 Å². The number of rotatable bonds is 6. The highest BCUT2D eigenvalue weighted by molar-refractivity contribution is 7.80. The molecule has 0 atom stereocenters. The van der Waals surface area contributed by atoms with Crippen LogP contribution in [-0.4, -0.2) is 17.9 Å². The van der Waals surface area contributed by atoms with E-state index in [2.05, 4.69) is 29.7 Å². The predicted molar refractivity (Wildman–Crippen MR) is 100 cm³/mol. The second kappa shape index (κ2) is 8.90. The smallest absolute Gasteiger partial charge is 0.191 e. The number of benzene rings is 2. The number of thiocarbonyl (C=S) groups is 1. The fourth-order valence-electron chi connectivity index (χ4n) is 1.82. The molecule has 0 aliphatic carbocycles. The van der Waals surface area contributed by atoms with E-state index in [9.17, 15) is 0 Å². The topological polar surface area (TPSA) is 45.6 Å². The molecule has 2 aromatic carbocycles. The lowest BCUT2D eigenvalue weighted by molar-refractivity contribution is 0.270. The fourth-order valence-corrected chi connectivity index (χ4v) is 1.99. The molecule has 0 spiro atoms. The van der Waals surface area contributed by atoms with Crippen molar-refractivity contribution in [3.8, 4) is 5.75 Å². The average molecular weight is 327 g/mol. The van der Waals surface area contributed by atoms with E-state index >= 15 is 0 Å². The maximum Gasteiger partial charge on any atom is 0.191 e. The van der Waals surface area contributed by atoms with Gasteiger partial charge >= 0.3 is 0 Å². The van der Waals surface area contributed by atoms with E-state index in [0.717, 1.165) is 17.0 Å². The molecule has 0 saturated carbocycles. The van der Waals surface area contributed by atoms with Crippen LogP contribution in [0.15, 0.2) is 59.7 Å². The monoisotopic (exact) mass is 327 g/mol. The Balaban J connectivity index is 1.91. The van der Waals surface area contributed by atoms with Gasteiger partial charge in [0.05, 0.1) is 12.8 Å². The lowest BCUT2D eigenvalue weighted by Gasteiger charge is -2.11. The standard InChI is InChI=1S/C18H21N3OS/c1-14(2)13-22-17-11-7-6-8-15(17)12-19-21-18(23)20-16-9-4-3-5-10-16/h3-12,14H,13H2,1-2H3,(H2,20,21,23). The molecule has 4 nitrogen and oxygen atoms in total. The SMILES string of the molecule is CC(C)COc1ccccc1C=NNC(=S)Nc1ccccc1. The van der Waals surface area contributed by atoms with E-state index < -0.39 is 0 Å². The molecule has 0 unspecified atom stereocenters. The van der Waals surface area contributed by atoms with Crippen LogP contribution in [-0.2, 0) is 0 Å². The van der Waals surface area contributed by atoms with Gasteiger partial charge in [0.2, 0.25) is 0 Å². The molecule has 5 heteroatoms. The Kier molecular flexibility index (Phi) is 6.56. The number of hydrazone groups is 1. The number of ether oxygens (including phenoxy) is 1. The summed E-state index contributed by atoms with van der Waals surface area (Å²) in [7, 11) is 0. The third kappa shape index (κ3) is 6.08. The van der Waals surface area contributed by atoms with Gasteiger partial charge in [0, 0.05) is 11.3 Å². The summed E-state index contributed by atoms with van der Waals surface area (Å²) in [6, 6.07) is 17.5. The summed E-state index contributed by atoms with van der Waals surface area (Å²) in [4.78, 5) is 0. The summed E-state index contributed by atoms with van der Waals surface area (Å²) in [5, 5.41) is 7.66. The average Bonchev–Trinajstić information content (AvgIpc) is 2.55. The first kappa shape index (κ1) is 17.0. The Morgan fingerprint density at radius 1 is 1.13 bits per heavy atom. The van der Waals surface area contributed by atoms with Crippen molar-refractivity contribution in [2.24, 2.45) is 11.0 Å². The molecule has 2 N–H and O–H groups in total. The third-order valence-corrected chi connectivity index (χ3v) is 3.09. The number of para-hydroxylation sites is 2. The minimum Gasteiger partial charge on any atom is -0.493 e. The first-order valence-corrected chi connectivity index (χ1v) is 7.93. The minimum absolute atomic E-state index is 0.438. The van der Waals surface area contributed by atoms with E-state index in [1.165, 1.54) is 0 Å². The van der Waals surface area contributed by atoms with Crippen LogP contribution in [0.1, 0.15) is 19.4 Å². The van der Waals surface area contributed by atoms with E-state index in [-0.39, 0.29) is 0 Å². The summed E-state index contributed by atoms with van der Waals surface area (Å²) in [6.07, 6.45) is 1.70. The van der Waals surface area contributed by atoms with Crippen molar-refractivity contribution in [1.82, 2.24) is 5.43 Å². The minimum atomic E-state index is 0.438. The Labute approximate surface area is 142 Å². The number of hydrogen-bond acceptors (Lipinski definition) is 3. The summed E-state index contributed by atoms with van der Waals surface area (Å²) in [6.45, 7) is 4.91. The van der Waals surface area contributed by atoms with Gasteiger partial charge in [0.25, 0.3) is 0 Å². The predicted octanol–water partition coefficient (Wildman–Crippen LogP) is 4.04. The van der Waals surface area contributed by atoms with Crippen molar-refractivity contribution >= 4 is 29.2 Å². The zero-order valence-corrected chi connectivity index (χ0v) is 14.1. The maximum absolute atomic E-state index is 5.78. The first-order valence-electron chi connectivity index (χ1n) is 7.52. The summed E-state index contributed by atoms with van der Waals surface area (Å²) in [5.74, 6) is 1.29. The van der Waals surface area contributed by atoms with E-state index in [0.29, 0.717) is 17.6 Å². The van der Waals surface area contributed by atoms with Crippen molar-refractivity contribution in [2.45, 2.75) is 13.8 Å². The molecular weight excluding hydrogens is 306 g/mol. The first-order chi connectivity index (χ1) is 11.1. The molecule has 23 heavy (non-hydrogen) atoms. The van der Waals surface area contributed by atoms with Crippen LogP contribution in [0.3, 0.4) is 0 Å². The zero-order valence-electron chi connectivity index (χ0n) is 13.3. The molecule has 0 aliphatic heterocycles. The van der Waals surface area contributed by atoms with Crippen LogP contribution in [0.2, 0.25) is 0 Å². The molecule has 0 fully saturated rings. The second-order valence-corrected chi connectivity index (χ2v) is 5.84. The zero-order chi connectivity index (χ0) is 16.5. The quantitative estimate of drug-likeness (QED) is 0.477. The normalized spacial score (nSPS) is 10.7.